The molecule has 3 rings (SSSR count). The summed E-state index contributed by atoms with van der Waals surface area (Å²) in [5, 5.41) is 0. The van der Waals surface area contributed by atoms with Crippen LogP contribution in [0.3, 0.4) is 0 Å². The molecule has 25 heavy (non-hydrogen) atoms. The second-order valence-corrected chi connectivity index (χ2v) is 10.9. The van der Waals surface area contributed by atoms with Crippen LogP contribution in [0.5, 0.6) is 0 Å². The van der Waals surface area contributed by atoms with Crippen molar-refractivity contribution in [3.8, 4) is 0 Å². The van der Waals surface area contributed by atoms with E-state index in [1.165, 1.54) is 45.7 Å². The minimum absolute atomic E-state index is 0.284. The second-order valence-electron chi connectivity index (χ2n) is 10.9. The maximum Gasteiger partial charge on any atom is 0.0518 e. The number of hydrogen-bond acceptors (Lipinski definition) is 4. The summed E-state index contributed by atoms with van der Waals surface area (Å²) in [5.74, 6) is 0. The zero-order valence-corrected chi connectivity index (χ0v) is 18.0. The zero-order chi connectivity index (χ0) is 18.6. The standard InChI is InChI=1S/C21H42N4/c1-16-11-22(20(3,4)5)12-17(2)24(16)15-25-18-9-10-19(25)14-23(13-18)21(6,7)8/h16-19H,9-15H2,1-8H3. The Hall–Kier alpha value is -0.160. The van der Waals surface area contributed by atoms with Crippen LogP contribution in [0.25, 0.3) is 0 Å². The van der Waals surface area contributed by atoms with E-state index in [2.05, 4.69) is 75.0 Å². The third-order valence-electron chi connectivity index (χ3n) is 6.96. The Kier molecular flexibility index (Phi) is 5.31. The fourth-order valence-corrected chi connectivity index (χ4v) is 5.14. The van der Waals surface area contributed by atoms with Crippen molar-refractivity contribution in [2.24, 2.45) is 0 Å². The van der Waals surface area contributed by atoms with E-state index >= 15 is 0 Å². The smallest absolute Gasteiger partial charge is 0.0518 e. The van der Waals surface area contributed by atoms with Crippen LogP contribution in [0.1, 0.15) is 68.2 Å². The SMILES string of the molecule is CC1CN(C(C)(C)C)CC(C)N1CN1C2CCC1CN(C(C)(C)C)C2. The van der Waals surface area contributed by atoms with E-state index in [0.29, 0.717) is 17.6 Å². The highest BCUT2D eigenvalue weighted by molar-refractivity contribution is 5.00. The van der Waals surface area contributed by atoms with E-state index < -0.39 is 0 Å². The molecule has 0 aromatic carbocycles. The van der Waals surface area contributed by atoms with Crippen molar-refractivity contribution in [1.29, 1.82) is 0 Å². The molecule has 0 spiro atoms. The molecular formula is C21H42N4. The number of likely N-dealkylation sites (tertiary alicyclic amines) is 1. The highest BCUT2D eigenvalue weighted by atomic mass is 15.4. The van der Waals surface area contributed by atoms with E-state index in [9.17, 15) is 0 Å². The average Bonchev–Trinajstić information content (AvgIpc) is 2.68. The van der Waals surface area contributed by atoms with Crippen LogP contribution < -0.4 is 0 Å². The van der Waals surface area contributed by atoms with Crippen molar-refractivity contribution in [3.63, 3.8) is 0 Å². The first kappa shape index (κ1) is 19.6. The predicted octanol–water partition coefficient (Wildman–Crippen LogP) is 3.08. The highest BCUT2D eigenvalue weighted by Crippen LogP contribution is 2.34. The molecule has 3 fully saturated rings. The Morgan fingerprint density at radius 1 is 0.640 bits per heavy atom. The van der Waals surface area contributed by atoms with Crippen LogP contribution >= 0.6 is 0 Å². The number of fused-ring (bicyclic) bond motifs is 2. The Bertz CT molecular complexity index is 425. The van der Waals surface area contributed by atoms with Gasteiger partial charge in [0.05, 0.1) is 6.67 Å². The van der Waals surface area contributed by atoms with Gasteiger partial charge < -0.3 is 0 Å². The van der Waals surface area contributed by atoms with Gasteiger partial charge in [0.1, 0.15) is 0 Å². The van der Waals surface area contributed by atoms with E-state index in [1.54, 1.807) is 0 Å². The maximum atomic E-state index is 2.85. The van der Waals surface area contributed by atoms with Gasteiger partial charge in [0.25, 0.3) is 0 Å². The van der Waals surface area contributed by atoms with Crippen LogP contribution in [-0.4, -0.2) is 87.7 Å². The Labute approximate surface area is 156 Å². The van der Waals surface area contributed by atoms with Crippen LogP contribution in [0.15, 0.2) is 0 Å². The average molecular weight is 351 g/mol. The molecule has 3 heterocycles. The second kappa shape index (κ2) is 6.78. The van der Waals surface area contributed by atoms with Gasteiger partial charge in [-0.3, -0.25) is 19.6 Å². The summed E-state index contributed by atoms with van der Waals surface area (Å²) in [6.07, 6.45) is 2.78. The molecule has 4 atom stereocenters. The van der Waals surface area contributed by atoms with Crippen LogP contribution in [0, 0.1) is 0 Å². The molecule has 4 unspecified atom stereocenters. The van der Waals surface area contributed by atoms with Crippen LogP contribution in [0.4, 0.5) is 0 Å². The zero-order valence-electron chi connectivity index (χ0n) is 18.0. The first-order valence-electron chi connectivity index (χ1n) is 10.5. The largest absolute Gasteiger partial charge is 0.295 e. The summed E-state index contributed by atoms with van der Waals surface area (Å²) >= 11 is 0. The molecule has 3 aliphatic rings. The van der Waals surface area contributed by atoms with Crippen molar-refractivity contribution in [2.75, 3.05) is 32.8 Å². The summed E-state index contributed by atoms with van der Waals surface area (Å²) in [7, 11) is 0. The topological polar surface area (TPSA) is 13.0 Å². The van der Waals surface area contributed by atoms with Crippen molar-refractivity contribution < 1.29 is 0 Å². The molecule has 4 heteroatoms. The quantitative estimate of drug-likeness (QED) is 0.759. The van der Waals surface area contributed by atoms with Gasteiger partial charge in [-0.25, -0.2) is 0 Å². The fourth-order valence-electron chi connectivity index (χ4n) is 5.14. The molecule has 0 aliphatic carbocycles. The van der Waals surface area contributed by atoms with Gasteiger partial charge >= 0.3 is 0 Å². The maximum absolute atomic E-state index is 2.85. The van der Waals surface area contributed by atoms with Gasteiger partial charge in [0, 0.05) is 61.4 Å². The van der Waals surface area contributed by atoms with Crippen LogP contribution in [-0.2, 0) is 0 Å². The van der Waals surface area contributed by atoms with Gasteiger partial charge in [0.2, 0.25) is 0 Å². The van der Waals surface area contributed by atoms with Crippen molar-refractivity contribution >= 4 is 0 Å². The molecule has 3 saturated heterocycles. The third-order valence-corrected chi connectivity index (χ3v) is 6.96. The monoisotopic (exact) mass is 350 g/mol. The summed E-state index contributed by atoms with van der Waals surface area (Å²) in [5.41, 5.74) is 0.595. The van der Waals surface area contributed by atoms with E-state index in [-0.39, 0.29) is 5.54 Å². The molecule has 0 aromatic rings. The van der Waals surface area contributed by atoms with Gasteiger partial charge in [-0.2, -0.15) is 0 Å². The molecule has 0 saturated carbocycles. The number of hydrogen-bond donors (Lipinski definition) is 0. The molecular weight excluding hydrogens is 308 g/mol. The minimum atomic E-state index is 0.284. The molecule has 0 N–H and O–H groups in total. The molecule has 0 aromatic heterocycles. The van der Waals surface area contributed by atoms with Gasteiger partial charge in [0.15, 0.2) is 0 Å². The van der Waals surface area contributed by atoms with E-state index in [4.69, 9.17) is 0 Å². The highest BCUT2D eigenvalue weighted by Gasteiger charge is 2.44. The first-order valence-corrected chi connectivity index (χ1v) is 10.5. The van der Waals surface area contributed by atoms with Crippen molar-refractivity contribution in [3.05, 3.63) is 0 Å². The van der Waals surface area contributed by atoms with Gasteiger partial charge in [-0.05, 0) is 68.2 Å². The summed E-state index contributed by atoms with van der Waals surface area (Å²) in [4.78, 5) is 11.0. The fraction of sp³-hybridized carbons (Fsp3) is 1.00. The Morgan fingerprint density at radius 3 is 1.44 bits per heavy atom. The lowest BCUT2D eigenvalue weighted by Crippen LogP contribution is -2.66. The predicted molar refractivity (Wildman–Crippen MR) is 107 cm³/mol. The summed E-state index contributed by atoms with van der Waals surface area (Å²) in [6.45, 7) is 25.1. The Balaban J connectivity index is 1.64. The number of nitrogens with zero attached hydrogens (tertiary/aromatic N) is 4. The first-order chi connectivity index (χ1) is 11.5. The molecule has 146 valence electrons. The summed E-state index contributed by atoms with van der Waals surface area (Å²) < 4.78 is 0. The molecule has 4 nitrogen and oxygen atoms in total. The lowest BCUT2D eigenvalue weighted by molar-refractivity contribution is -0.0652. The van der Waals surface area contributed by atoms with Crippen molar-refractivity contribution in [2.45, 2.75) is 103 Å². The molecule has 0 amide bonds. The van der Waals surface area contributed by atoms with Crippen molar-refractivity contribution in [1.82, 2.24) is 19.6 Å². The molecule has 0 radical (unpaired) electrons. The third kappa shape index (κ3) is 4.07. The number of rotatable bonds is 2. The molecule has 3 aliphatic heterocycles. The van der Waals surface area contributed by atoms with E-state index in [0.717, 1.165) is 12.1 Å². The lowest BCUT2D eigenvalue weighted by atomic mass is 9.99. The van der Waals surface area contributed by atoms with Gasteiger partial charge in [-0.1, -0.05) is 0 Å². The van der Waals surface area contributed by atoms with E-state index in [1.807, 2.05) is 0 Å². The number of piperazine rings is 2. The Morgan fingerprint density at radius 2 is 1.04 bits per heavy atom. The molecule has 2 bridgehead atoms. The normalized spacial score (nSPS) is 37.0. The minimum Gasteiger partial charge on any atom is -0.295 e. The summed E-state index contributed by atoms with van der Waals surface area (Å²) in [6, 6.07) is 2.81. The van der Waals surface area contributed by atoms with Crippen LogP contribution in [0.2, 0.25) is 0 Å². The van der Waals surface area contributed by atoms with Gasteiger partial charge in [-0.15, -0.1) is 0 Å². The lowest BCUT2D eigenvalue weighted by Gasteiger charge is -2.53.